The minimum absolute atomic E-state index is 0.109. The minimum Gasteiger partial charge on any atom is -0.507 e. The van der Waals surface area contributed by atoms with Crippen LogP contribution in [0.2, 0.25) is 0 Å². The van der Waals surface area contributed by atoms with Crippen molar-refractivity contribution in [3.8, 4) is 17.2 Å². The maximum absolute atomic E-state index is 13.3. The van der Waals surface area contributed by atoms with Crippen LogP contribution in [-0.4, -0.2) is 58.6 Å². The van der Waals surface area contributed by atoms with Crippen molar-refractivity contribution in [1.29, 1.82) is 0 Å². The molecule has 4 N–H and O–H groups in total. The molecule has 1 saturated heterocycles. The summed E-state index contributed by atoms with van der Waals surface area (Å²) in [6.45, 7) is 6.67. The van der Waals surface area contributed by atoms with Crippen LogP contribution in [0.4, 0.5) is 0 Å². The summed E-state index contributed by atoms with van der Waals surface area (Å²) in [5.41, 5.74) is -1.45. The van der Waals surface area contributed by atoms with Gasteiger partial charge in [0.2, 0.25) is 0 Å². The molecule has 0 aliphatic carbocycles. The molecule has 0 saturated carbocycles. The molecule has 9 heteroatoms. The standard InChI is InChI=1S/C28H28O9/c1-6-13-9-16-20(18(10-13)34-4)15-11-19(35-5)22-17(29)8-7-14(21(22)23(15)37-27(16)32)24-26(31)28(3,33)25(30)12(2)36-24/h6-12,24-26,29-31,33H,1H2,2-5H3/t12-,24-,25-,26+,28+/m0/s1. The Labute approximate surface area is 211 Å². The number of hydrogen-bond acceptors (Lipinski definition) is 9. The zero-order valence-electron chi connectivity index (χ0n) is 20.8. The van der Waals surface area contributed by atoms with Crippen LogP contribution >= 0.6 is 0 Å². The zero-order valence-corrected chi connectivity index (χ0v) is 20.8. The number of phenols is 1. The lowest BCUT2D eigenvalue weighted by atomic mass is 9.80. The molecule has 3 aromatic carbocycles. The fourth-order valence-electron chi connectivity index (χ4n) is 5.28. The predicted molar refractivity (Wildman–Crippen MR) is 138 cm³/mol. The summed E-state index contributed by atoms with van der Waals surface area (Å²) in [5.74, 6) is 0.526. The molecule has 0 bridgehead atoms. The van der Waals surface area contributed by atoms with E-state index in [1.807, 2.05) is 0 Å². The highest BCUT2D eigenvalue weighted by molar-refractivity contribution is 6.19. The van der Waals surface area contributed by atoms with Crippen LogP contribution in [0.15, 0.2) is 46.1 Å². The highest BCUT2D eigenvalue weighted by atomic mass is 16.5. The Balaban J connectivity index is 1.97. The number of fused-ring (bicyclic) bond motifs is 5. The third-order valence-corrected chi connectivity index (χ3v) is 7.29. The Hall–Kier alpha value is -3.63. The minimum atomic E-state index is -1.90. The van der Waals surface area contributed by atoms with Gasteiger partial charge >= 0.3 is 5.63 Å². The second-order valence-electron chi connectivity index (χ2n) is 9.50. The zero-order chi connectivity index (χ0) is 26.8. The normalized spacial score (nSPS) is 26.0. The Morgan fingerprint density at radius 1 is 1.00 bits per heavy atom. The topological polar surface area (TPSA) is 139 Å². The highest BCUT2D eigenvalue weighted by Crippen LogP contribution is 2.48. The van der Waals surface area contributed by atoms with E-state index in [9.17, 15) is 25.2 Å². The van der Waals surface area contributed by atoms with Crippen LogP contribution in [0, 0.1) is 0 Å². The first-order valence-corrected chi connectivity index (χ1v) is 11.7. The van der Waals surface area contributed by atoms with Crippen molar-refractivity contribution in [2.45, 2.75) is 43.9 Å². The maximum atomic E-state index is 13.3. The molecule has 37 heavy (non-hydrogen) atoms. The predicted octanol–water partition coefficient (Wildman–Crippen LogP) is 3.40. The fraction of sp³-hybridized carbons (Fsp3) is 0.321. The Morgan fingerprint density at radius 3 is 2.32 bits per heavy atom. The van der Waals surface area contributed by atoms with E-state index in [1.54, 1.807) is 31.2 Å². The summed E-state index contributed by atoms with van der Waals surface area (Å²) >= 11 is 0. The molecule has 5 atom stereocenters. The van der Waals surface area contributed by atoms with Gasteiger partial charge in [0.1, 0.15) is 46.7 Å². The molecule has 4 aromatic rings. The van der Waals surface area contributed by atoms with Crippen molar-refractivity contribution in [3.63, 3.8) is 0 Å². The first kappa shape index (κ1) is 25.0. The molecule has 1 aromatic heterocycles. The van der Waals surface area contributed by atoms with Crippen molar-refractivity contribution in [2.75, 3.05) is 14.2 Å². The second-order valence-corrected chi connectivity index (χ2v) is 9.50. The van der Waals surface area contributed by atoms with Crippen molar-refractivity contribution in [1.82, 2.24) is 0 Å². The lowest BCUT2D eigenvalue weighted by Gasteiger charge is -2.46. The van der Waals surface area contributed by atoms with Gasteiger partial charge in [-0.15, -0.1) is 0 Å². The largest absolute Gasteiger partial charge is 0.507 e. The van der Waals surface area contributed by atoms with Gasteiger partial charge in [-0.05, 0) is 49.2 Å². The summed E-state index contributed by atoms with van der Waals surface area (Å²) < 4.78 is 23.1. The van der Waals surface area contributed by atoms with Gasteiger partial charge in [-0.25, -0.2) is 4.79 Å². The lowest BCUT2D eigenvalue weighted by Crippen LogP contribution is -2.61. The van der Waals surface area contributed by atoms with Crippen molar-refractivity contribution in [2.24, 2.45) is 0 Å². The number of phenolic OH excluding ortho intramolecular Hbond substituents is 1. The second kappa shape index (κ2) is 8.74. The molecule has 1 aliphatic heterocycles. The number of aromatic hydroxyl groups is 1. The molecular weight excluding hydrogens is 480 g/mol. The summed E-state index contributed by atoms with van der Waals surface area (Å²) in [7, 11) is 2.93. The van der Waals surface area contributed by atoms with E-state index in [2.05, 4.69) is 6.58 Å². The Bertz CT molecular complexity index is 1620. The van der Waals surface area contributed by atoms with E-state index < -0.39 is 35.6 Å². The first-order chi connectivity index (χ1) is 17.5. The van der Waals surface area contributed by atoms with Gasteiger partial charge in [-0.1, -0.05) is 18.7 Å². The van der Waals surface area contributed by atoms with Crippen molar-refractivity contribution < 1.29 is 39.1 Å². The Kier molecular flexibility index (Phi) is 5.91. The number of benzene rings is 3. The van der Waals surface area contributed by atoms with E-state index in [4.69, 9.17) is 18.6 Å². The number of aliphatic hydroxyl groups excluding tert-OH is 2. The van der Waals surface area contributed by atoms with Gasteiger partial charge < -0.3 is 39.1 Å². The SMILES string of the molecule is C=Cc1cc(OC)c2c(c1)c(=O)oc1c2cc(OC)c2c(O)ccc([C@@H]3O[C@@H](C)[C@H](O)[C@@](C)(O)[C@@H]3O)c21. The Morgan fingerprint density at radius 2 is 1.68 bits per heavy atom. The number of ether oxygens (including phenoxy) is 3. The van der Waals surface area contributed by atoms with Gasteiger partial charge in [0, 0.05) is 16.2 Å². The molecule has 5 rings (SSSR count). The van der Waals surface area contributed by atoms with E-state index in [1.165, 1.54) is 33.3 Å². The van der Waals surface area contributed by atoms with Gasteiger partial charge in [-0.2, -0.15) is 0 Å². The van der Waals surface area contributed by atoms with Gasteiger partial charge in [0.15, 0.2) is 0 Å². The lowest BCUT2D eigenvalue weighted by molar-refractivity contribution is -0.261. The van der Waals surface area contributed by atoms with Gasteiger partial charge in [0.05, 0.1) is 31.1 Å². The molecule has 1 aliphatic rings. The van der Waals surface area contributed by atoms with E-state index >= 15 is 0 Å². The highest BCUT2D eigenvalue weighted by Gasteiger charge is 2.51. The molecule has 0 spiro atoms. The summed E-state index contributed by atoms with van der Waals surface area (Å²) in [5, 5.41) is 44.9. The van der Waals surface area contributed by atoms with E-state index in [0.29, 0.717) is 27.6 Å². The van der Waals surface area contributed by atoms with Crippen LogP contribution in [0.25, 0.3) is 38.6 Å². The smallest absolute Gasteiger partial charge is 0.344 e. The monoisotopic (exact) mass is 508 g/mol. The molecule has 194 valence electrons. The summed E-state index contributed by atoms with van der Waals surface area (Å²) in [6.07, 6.45) is -3.29. The molecule has 0 amide bonds. The third kappa shape index (κ3) is 3.58. The third-order valence-electron chi connectivity index (χ3n) is 7.29. The van der Waals surface area contributed by atoms with Crippen LogP contribution < -0.4 is 15.1 Å². The summed E-state index contributed by atoms with van der Waals surface area (Å²) in [4.78, 5) is 13.3. The number of hydrogen-bond donors (Lipinski definition) is 4. The first-order valence-electron chi connectivity index (χ1n) is 11.7. The fourth-order valence-corrected chi connectivity index (χ4v) is 5.28. The number of methoxy groups -OCH3 is 2. The van der Waals surface area contributed by atoms with Crippen molar-refractivity contribution >= 4 is 38.6 Å². The van der Waals surface area contributed by atoms with E-state index in [0.717, 1.165) is 0 Å². The molecule has 1 fully saturated rings. The molecule has 2 heterocycles. The molecule has 0 radical (unpaired) electrons. The molecular formula is C28H28O9. The van der Waals surface area contributed by atoms with Gasteiger partial charge in [0.25, 0.3) is 0 Å². The molecule has 0 unspecified atom stereocenters. The van der Waals surface area contributed by atoms with Gasteiger partial charge in [-0.3, -0.25) is 0 Å². The average molecular weight is 509 g/mol. The quantitative estimate of drug-likeness (QED) is 0.241. The van der Waals surface area contributed by atoms with Crippen LogP contribution in [0.5, 0.6) is 17.2 Å². The maximum Gasteiger partial charge on any atom is 0.344 e. The van der Waals surface area contributed by atoms with E-state index in [-0.39, 0.29) is 33.2 Å². The summed E-state index contributed by atoms with van der Waals surface area (Å²) in [6, 6.07) is 7.95. The van der Waals surface area contributed by atoms with Crippen LogP contribution in [0.1, 0.15) is 31.1 Å². The van der Waals surface area contributed by atoms with Crippen molar-refractivity contribution in [3.05, 3.63) is 58.5 Å². The molecule has 9 nitrogen and oxygen atoms in total. The number of aliphatic hydroxyl groups is 3. The van der Waals surface area contributed by atoms with Crippen LogP contribution in [-0.2, 0) is 4.74 Å². The average Bonchev–Trinajstić information content (AvgIpc) is 2.89. The van der Waals surface area contributed by atoms with Crippen LogP contribution in [0.3, 0.4) is 0 Å². The number of rotatable bonds is 4.